The fourth-order valence-corrected chi connectivity index (χ4v) is 2.53. The summed E-state index contributed by atoms with van der Waals surface area (Å²) in [5.41, 5.74) is 1.34. The second-order valence-corrected chi connectivity index (χ2v) is 5.79. The Morgan fingerprint density at radius 3 is 2.48 bits per heavy atom. The molecule has 0 bridgehead atoms. The van der Waals surface area contributed by atoms with Crippen LogP contribution in [0.15, 0.2) is 24.3 Å². The molecule has 0 aliphatic heterocycles. The smallest absolute Gasteiger partial charge is 0.118 e. The van der Waals surface area contributed by atoms with Crippen LogP contribution in [0.1, 0.15) is 45.1 Å². The van der Waals surface area contributed by atoms with Crippen molar-refractivity contribution in [3.63, 3.8) is 0 Å². The SMILES string of the molecule is CCCNC(CC)CCCN(C)Cc1ccc(OC)cc1. The van der Waals surface area contributed by atoms with Gasteiger partial charge in [-0.2, -0.15) is 0 Å². The molecule has 0 aromatic heterocycles. The van der Waals surface area contributed by atoms with Crippen molar-refractivity contribution in [3.05, 3.63) is 29.8 Å². The molecule has 0 amide bonds. The van der Waals surface area contributed by atoms with Crippen LogP contribution in [0.25, 0.3) is 0 Å². The summed E-state index contributed by atoms with van der Waals surface area (Å²) >= 11 is 0. The Labute approximate surface area is 130 Å². The van der Waals surface area contributed by atoms with Crippen LogP contribution in [0, 0.1) is 0 Å². The Balaban J connectivity index is 2.24. The van der Waals surface area contributed by atoms with E-state index in [1.165, 1.54) is 31.2 Å². The highest BCUT2D eigenvalue weighted by molar-refractivity contribution is 5.26. The first kappa shape index (κ1) is 18.0. The summed E-state index contributed by atoms with van der Waals surface area (Å²) in [6.45, 7) is 7.79. The van der Waals surface area contributed by atoms with Crippen LogP contribution in [0.3, 0.4) is 0 Å². The molecule has 1 rings (SSSR count). The van der Waals surface area contributed by atoms with Gasteiger partial charge in [0.1, 0.15) is 5.75 Å². The molecule has 1 N–H and O–H groups in total. The summed E-state index contributed by atoms with van der Waals surface area (Å²) in [6, 6.07) is 9.04. The van der Waals surface area contributed by atoms with E-state index in [1.807, 2.05) is 12.1 Å². The summed E-state index contributed by atoms with van der Waals surface area (Å²) in [4.78, 5) is 2.40. The molecule has 3 heteroatoms. The molecule has 0 saturated heterocycles. The van der Waals surface area contributed by atoms with E-state index in [1.54, 1.807) is 7.11 Å². The van der Waals surface area contributed by atoms with Gasteiger partial charge in [0.05, 0.1) is 7.11 Å². The highest BCUT2D eigenvalue weighted by Crippen LogP contribution is 2.13. The van der Waals surface area contributed by atoms with Gasteiger partial charge in [-0.3, -0.25) is 0 Å². The van der Waals surface area contributed by atoms with Crippen LogP contribution in [-0.2, 0) is 6.54 Å². The van der Waals surface area contributed by atoms with Crippen molar-refractivity contribution < 1.29 is 4.74 Å². The van der Waals surface area contributed by atoms with E-state index >= 15 is 0 Å². The summed E-state index contributed by atoms with van der Waals surface area (Å²) in [5, 5.41) is 3.62. The van der Waals surface area contributed by atoms with Gasteiger partial charge < -0.3 is 15.0 Å². The maximum Gasteiger partial charge on any atom is 0.118 e. The Bertz CT molecular complexity index is 364. The summed E-state index contributed by atoms with van der Waals surface area (Å²) in [7, 11) is 3.91. The van der Waals surface area contributed by atoms with Crippen LogP contribution in [0.4, 0.5) is 0 Å². The molecule has 1 aromatic carbocycles. The number of rotatable bonds is 11. The van der Waals surface area contributed by atoms with E-state index in [0.717, 1.165) is 25.4 Å². The zero-order chi connectivity index (χ0) is 15.5. The highest BCUT2D eigenvalue weighted by Gasteiger charge is 2.06. The number of hydrogen-bond donors (Lipinski definition) is 1. The first-order valence-electron chi connectivity index (χ1n) is 8.24. The van der Waals surface area contributed by atoms with Gasteiger partial charge in [0.15, 0.2) is 0 Å². The van der Waals surface area contributed by atoms with E-state index in [-0.39, 0.29) is 0 Å². The minimum atomic E-state index is 0.680. The fraction of sp³-hybridized carbons (Fsp3) is 0.667. The van der Waals surface area contributed by atoms with Gasteiger partial charge in [-0.1, -0.05) is 26.0 Å². The van der Waals surface area contributed by atoms with Gasteiger partial charge in [-0.05, 0) is 63.5 Å². The molecule has 0 spiro atoms. The minimum Gasteiger partial charge on any atom is -0.497 e. The molecule has 1 aromatic rings. The van der Waals surface area contributed by atoms with Crippen molar-refractivity contribution in [1.29, 1.82) is 0 Å². The molecule has 120 valence electrons. The Kier molecular flexibility index (Phi) is 9.11. The first-order valence-corrected chi connectivity index (χ1v) is 8.24. The topological polar surface area (TPSA) is 24.5 Å². The van der Waals surface area contributed by atoms with Gasteiger partial charge in [-0.25, -0.2) is 0 Å². The number of nitrogens with zero attached hydrogens (tertiary/aromatic N) is 1. The first-order chi connectivity index (χ1) is 10.2. The van der Waals surface area contributed by atoms with E-state index in [4.69, 9.17) is 4.74 Å². The van der Waals surface area contributed by atoms with Crippen LogP contribution < -0.4 is 10.1 Å². The van der Waals surface area contributed by atoms with Gasteiger partial charge >= 0.3 is 0 Å². The van der Waals surface area contributed by atoms with Crippen LogP contribution in [0.2, 0.25) is 0 Å². The van der Waals surface area contributed by atoms with Crippen molar-refractivity contribution in [3.8, 4) is 5.75 Å². The van der Waals surface area contributed by atoms with Crippen molar-refractivity contribution in [2.45, 2.75) is 52.1 Å². The molecule has 3 nitrogen and oxygen atoms in total. The van der Waals surface area contributed by atoms with E-state index in [9.17, 15) is 0 Å². The molecule has 0 radical (unpaired) electrons. The Hall–Kier alpha value is -1.06. The number of ether oxygens (including phenoxy) is 1. The van der Waals surface area contributed by atoms with Gasteiger partial charge in [0, 0.05) is 12.6 Å². The lowest BCUT2D eigenvalue weighted by molar-refractivity contribution is 0.307. The molecule has 0 aliphatic rings. The second kappa shape index (κ2) is 10.6. The Morgan fingerprint density at radius 1 is 1.19 bits per heavy atom. The maximum atomic E-state index is 5.19. The largest absolute Gasteiger partial charge is 0.497 e. The lowest BCUT2D eigenvalue weighted by Crippen LogP contribution is -2.30. The number of hydrogen-bond acceptors (Lipinski definition) is 3. The average molecular weight is 292 g/mol. The van der Waals surface area contributed by atoms with Crippen molar-refractivity contribution >= 4 is 0 Å². The van der Waals surface area contributed by atoms with E-state index in [0.29, 0.717) is 6.04 Å². The third-order valence-electron chi connectivity index (χ3n) is 3.88. The van der Waals surface area contributed by atoms with Gasteiger partial charge in [0.25, 0.3) is 0 Å². The van der Waals surface area contributed by atoms with E-state index in [2.05, 4.69) is 43.2 Å². The number of methoxy groups -OCH3 is 1. The molecule has 0 fully saturated rings. The maximum absolute atomic E-state index is 5.19. The monoisotopic (exact) mass is 292 g/mol. The standard InChI is InChI=1S/C18H32N2O/c1-5-13-19-17(6-2)8-7-14-20(3)15-16-9-11-18(21-4)12-10-16/h9-12,17,19H,5-8,13-15H2,1-4H3. The molecular formula is C18H32N2O. The summed E-state index contributed by atoms with van der Waals surface area (Å²) in [5.74, 6) is 0.925. The number of benzene rings is 1. The molecule has 1 unspecified atom stereocenters. The summed E-state index contributed by atoms with van der Waals surface area (Å²) < 4.78 is 5.19. The van der Waals surface area contributed by atoms with Gasteiger partial charge in [0.2, 0.25) is 0 Å². The average Bonchev–Trinajstić information content (AvgIpc) is 2.51. The molecule has 0 heterocycles. The van der Waals surface area contributed by atoms with Crippen molar-refractivity contribution in [2.75, 3.05) is 27.2 Å². The highest BCUT2D eigenvalue weighted by atomic mass is 16.5. The minimum absolute atomic E-state index is 0.680. The van der Waals surface area contributed by atoms with Crippen molar-refractivity contribution in [1.82, 2.24) is 10.2 Å². The summed E-state index contributed by atoms with van der Waals surface area (Å²) in [6.07, 6.45) is 4.96. The third kappa shape index (κ3) is 7.49. The molecule has 21 heavy (non-hydrogen) atoms. The normalized spacial score (nSPS) is 12.6. The molecular weight excluding hydrogens is 260 g/mol. The third-order valence-corrected chi connectivity index (χ3v) is 3.88. The number of nitrogens with one attached hydrogen (secondary N) is 1. The fourth-order valence-electron chi connectivity index (χ4n) is 2.53. The van der Waals surface area contributed by atoms with Gasteiger partial charge in [-0.15, -0.1) is 0 Å². The lowest BCUT2D eigenvalue weighted by Gasteiger charge is -2.20. The van der Waals surface area contributed by atoms with Crippen LogP contribution >= 0.6 is 0 Å². The van der Waals surface area contributed by atoms with Crippen LogP contribution in [-0.4, -0.2) is 38.2 Å². The zero-order valence-corrected chi connectivity index (χ0v) is 14.2. The van der Waals surface area contributed by atoms with E-state index < -0.39 is 0 Å². The second-order valence-electron chi connectivity index (χ2n) is 5.79. The quantitative estimate of drug-likeness (QED) is 0.673. The molecule has 1 atom stereocenters. The Morgan fingerprint density at radius 2 is 1.90 bits per heavy atom. The lowest BCUT2D eigenvalue weighted by atomic mass is 10.1. The zero-order valence-electron chi connectivity index (χ0n) is 14.2. The van der Waals surface area contributed by atoms with Crippen LogP contribution in [0.5, 0.6) is 5.75 Å². The van der Waals surface area contributed by atoms with Crippen molar-refractivity contribution in [2.24, 2.45) is 0 Å². The molecule has 0 aliphatic carbocycles. The predicted octanol–water partition coefficient (Wildman–Crippen LogP) is 3.69. The predicted molar refractivity (Wildman–Crippen MR) is 90.9 cm³/mol. The molecule has 0 saturated carbocycles.